The first-order chi connectivity index (χ1) is 14.1. The number of amides is 1. The highest BCUT2D eigenvalue weighted by Crippen LogP contribution is 2.28. The standard InChI is InChI=1S/C23H22N2O4/c26-21(13-24-23(28)29-14-15-6-2-1-3-7-15)22(27)16-10-11-18-17-8-4-5-9-19(17)25-20(18)12-16/h1-12,21-22,25-27H,13-14H2,(H,24,28). The molecule has 1 aromatic heterocycles. The lowest BCUT2D eigenvalue weighted by Gasteiger charge is -2.18. The molecular weight excluding hydrogens is 368 g/mol. The van der Waals surface area contributed by atoms with E-state index in [0.717, 1.165) is 27.4 Å². The molecule has 0 aliphatic rings. The minimum absolute atomic E-state index is 0.125. The van der Waals surface area contributed by atoms with Crippen LogP contribution in [0.4, 0.5) is 4.79 Å². The number of hydrogen-bond donors (Lipinski definition) is 4. The molecule has 0 bridgehead atoms. The second kappa shape index (κ2) is 8.34. The number of alkyl carbamates (subject to hydrolysis) is 1. The number of para-hydroxylation sites is 1. The van der Waals surface area contributed by atoms with Gasteiger partial charge in [0.05, 0.1) is 0 Å². The van der Waals surface area contributed by atoms with Gasteiger partial charge in [0, 0.05) is 28.4 Å². The molecular formula is C23H22N2O4. The lowest BCUT2D eigenvalue weighted by molar-refractivity contribution is 0.0185. The fourth-order valence-electron chi connectivity index (χ4n) is 3.35. The van der Waals surface area contributed by atoms with E-state index in [9.17, 15) is 15.0 Å². The maximum Gasteiger partial charge on any atom is 0.407 e. The highest BCUT2D eigenvalue weighted by atomic mass is 16.5. The fourth-order valence-corrected chi connectivity index (χ4v) is 3.35. The van der Waals surface area contributed by atoms with E-state index >= 15 is 0 Å². The molecule has 4 N–H and O–H groups in total. The lowest BCUT2D eigenvalue weighted by atomic mass is 10.0. The third-order valence-corrected chi connectivity index (χ3v) is 4.90. The van der Waals surface area contributed by atoms with Crippen LogP contribution in [0, 0.1) is 0 Å². The van der Waals surface area contributed by atoms with Gasteiger partial charge in [0.2, 0.25) is 0 Å². The van der Waals surface area contributed by atoms with Crippen LogP contribution in [0.25, 0.3) is 21.8 Å². The minimum atomic E-state index is -1.17. The van der Waals surface area contributed by atoms with Crippen molar-refractivity contribution in [1.29, 1.82) is 0 Å². The van der Waals surface area contributed by atoms with Crippen molar-refractivity contribution in [3.05, 3.63) is 83.9 Å². The van der Waals surface area contributed by atoms with Crippen molar-refractivity contribution in [2.45, 2.75) is 18.8 Å². The van der Waals surface area contributed by atoms with E-state index in [1.807, 2.05) is 66.7 Å². The number of fused-ring (bicyclic) bond motifs is 3. The van der Waals surface area contributed by atoms with Crippen molar-refractivity contribution in [3.63, 3.8) is 0 Å². The molecule has 0 aliphatic carbocycles. The first-order valence-electron chi connectivity index (χ1n) is 9.43. The number of aliphatic hydroxyl groups is 2. The molecule has 3 aromatic carbocycles. The molecule has 1 amide bonds. The molecule has 0 radical (unpaired) electrons. The maximum atomic E-state index is 11.8. The van der Waals surface area contributed by atoms with Gasteiger partial charge in [0.1, 0.15) is 18.8 Å². The van der Waals surface area contributed by atoms with Crippen LogP contribution in [0.15, 0.2) is 72.8 Å². The zero-order valence-corrected chi connectivity index (χ0v) is 15.7. The van der Waals surface area contributed by atoms with Gasteiger partial charge >= 0.3 is 6.09 Å². The number of ether oxygens (including phenoxy) is 1. The summed E-state index contributed by atoms with van der Waals surface area (Å²) >= 11 is 0. The van der Waals surface area contributed by atoms with E-state index in [1.54, 1.807) is 6.07 Å². The Labute approximate surface area is 167 Å². The Morgan fingerprint density at radius 1 is 0.931 bits per heavy atom. The Kier molecular flexibility index (Phi) is 5.46. The van der Waals surface area contributed by atoms with Gasteiger partial charge in [0.25, 0.3) is 0 Å². The van der Waals surface area contributed by atoms with E-state index < -0.39 is 18.3 Å². The number of aromatic nitrogens is 1. The first-order valence-corrected chi connectivity index (χ1v) is 9.43. The van der Waals surface area contributed by atoms with Gasteiger partial charge in [-0.15, -0.1) is 0 Å². The summed E-state index contributed by atoms with van der Waals surface area (Å²) in [4.78, 5) is 15.1. The molecule has 4 aromatic rings. The Morgan fingerprint density at radius 3 is 2.48 bits per heavy atom. The number of hydrogen-bond acceptors (Lipinski definition) is 4. The summed E-state index contributed by atoms with van der Waals surface area (Å²) in [6.45, 7) is 0.0158. The van der Waals surface area contributed by atoms with Gasteiger partial charge < -0.3 is 25.3 Å². The summed E-state index contributed by atoms with van der Waals surface area (Å²) in [6.07, 6.45) is -2.95. The SMILES string of the molecule is O=C(NCC(O)C(O)c1ccc2c(c1)[nH]c1ccccc12)OCc1ccccc1. The third-order valence-electron chi connectivity index (χ3n) is 4.90. The number of aliphatic hydroxyl groups excluding tert-OH is 2. The van der Waals surface area contributed by atoms with Crippen LogP contribution < -0.4 is 5.32 Å². The maximum absolute atomic E-state index is 11.8. The molecule has 2 unspecified atom stereocenters. The smallest absolute Gasteiger partial charge is 0.407 e. The fraction of sp³-hybridized carbons (Fsp3) is 0.174. The minimum Gasteiger partial charge on any atom is -0.445 e. The van der Waals surface area contributed by atoms with Crippen LogP contribution in [-0.4, -0.2) is 33.9 Å². The number of rotatable bonds is 6. The molecule has 0 saturated carbocycles. The number of benzene rings is 3. The molecule has 6 heteroatoms. The van der Waals surface area contributed by atoms with Crippen LogP contribution in [0.3, 0.4) is 0 Å². The molecule has 6 nitrogen and oxygen atoms in total. The van der Waals surface area contributed by atoms with Gasteiger partial charge in [-0.05, 0) is 23.3 Å². The van der Waals surface area contributed by atoms with Crippen molar-refractivity contribution >= 4 is 27.9 Å². The Bertz CT molecular complexity index is 1120. The predicted octanol–water partition coefficient (Wildman–Crippen LogP) is 3.64. The van der Waals surface area contributed by atoms with Gasteiger partial charge in [-0.2, -0.15) is 0 Å². The monoisotopic (exact) mass is 390 g/mol. The number of aromatic amines is 1. The molecule has 4 rings (SSSR count). The summed E-state index contributed by atoms with van der Waals surface area (Å²) in [6, 6.07) is 22.8. The molecule has 0 aliphatic heterocycles. The van der Waals surface area contributed by atoms with Gasteiger partial charge in [-0.1, -0.05) is 60.7 Å². The van der Waals surface area contributed by atoms with E-state index in [0.29, 0.717) is 5.56 Å². The lowest BCUT2D eigenvalue weighted by Crippen LogP contribution is -2.35. The van der Waals surface area contributed by atoms with Crippen LogP contribution in [-0.2, 0) is 11.3 Å². The predicted molar refractivity (Wildman–Crippen MR) is 111 cm³/mol. The van der Waals surface area contributed by atoms with Crippen molar-refractivity contribution in [2.24, 2.45) is 0 Å². The van der Waals surface area contributed by atoms with Crippen molar-refractivity contribution in [2.75, 3.05) is 6.54 Å². The quantitative estimate of drug-likeness (QED) is 0.404. The van der Waals surface area contributed by atoms with E-state index in [-0.39, 0.29) is 13.2 Å². The molecule has 1 heterocycles. The number of H-pyrrole nitrogens is 1. The highest BCUT2D eigenvalue weighted by molar-refractivity contribution is 6.07. The Morgan fingerprint density at radius 2 is 1.66 bits per heavy atom. The van der Waals surface area contributed by atoms with Crippen LogP contribution in [0.1, 0.15) is 17.2 Å². The number of nitrogens with one attached hydrogen (secondary N) is 2. The van der Waals surface area contributed by atoms with E-state index in [1.165, 1.54) is 0 Å². The van der Waals surface area contributed by atoms with E-state index in [2.05, 4.69) is 10.3 Å². The first kappa shape index (κ1) is 19.0. The second-order valence-corrected chi connectivity index (χ2v) is 6.93. The van der Waals surface area contributed by atoms with Crippen molar-refractivity contribution < 1.29 is 19.7 Å². The summed E-state index contributed by atoms with van der Waals surface area (Å²) in [5.41, 5.74) is 3.33. The van der Waals surface area contributed by atoms with Crippen LogP contribution in [0.2, 0.25) is 0 Å². The third kappa shape index (κ3) is 4.23. The highest BCUT2D eigenvalue weighted by Gasteiger charge is 2.20. The Balaban J connectivity index is 1.36. The Hall–Kier alpha value is -3.35. The van der Waals surface area contributed by atoms with Crippen molar-refractivity contribution in [1.82, 2.24) is 10.3 Å². The molecule has 148 valence electrons. The van der Waals surface area contributed by atoms with Gasteiger partial charge in [-0.25, -0.2) is 4.79 Å². The molecule has 0 fully saturated rings. The van der Waals surface area contributed by atoms with E-state index in [4.69, 9.17) is 4.74 Å². The zero-order valence-electron chi connectivity index (χ0n) is 15.7. The van der Waals surface area contributed by atoms with Crippen LogP contribution >= 0.6 is 0 Å². The summed E-state index contributed by atoms with van der Waals surface area (Å²) in [7, 11) is 0. The largest absolute Gasteiger partial charge is 0.445 e. The summed E-state index contributed by atoms with van der Waals surface area (Å²) in [5.74, 6) is 0. The normalized spacial score (nSPS) is 13.3. The number of carbonyl (C=O) groups excluding carboxylic acids is 1. The molecule has 29 heavy (non-hydrogen) atoms. The molecule has 2 atom stereocenters. The topological polar surface area (TPSA) is 94.6 Å². The average Bonchev–Trinajstić information content (AvgIpc) is 3.14. The van der Waals surface area contributed by atoms with Crippen molar-refractivity contribution in [3.8, 4) is 0 Å². The average molecular weight is 390 g/mol. The van der Waals surface area contributed by atoms with Crippen LogP contribution in [0.5, 0.6) is 0 Å². The summed E-state index contributed by atoms with van der Waals surface area (Å²) in [5, 5.41) is 25.4. The molecule has 0 spiro atoms. The molecule has 0 saturated heterocycles. The van der Waals surface area contributed by atoms with Gasteiger partial charge in [-0.3, -0.25) is 0 Å². The number of carbonyl (C=O) groups is 1. The summed E-state index contributed by atoms with van der Waals surface area (Å²) < 4.78 is 5.11. The second-order valence-electron chi connectivity index (χ2n) is 6.93. The zero-order chi connectivity index (χ0) is 20.2. The van der Waals surface area contributed by atoms with Gasteiger partial charge in [0.15, 0.2) is 0 Å².